The third-order valence-corrected chi connectivity index (χ3v) is 3.88. The molecule has 0 unspecified atom stereocenters. The van der Waals surface area contributed by atoms with Crippen LogP contribution in [0, 0.1) is 0 Å². The summed E-state index contributed by atoms with van der Waals surface area (Å²) >= 11 is 12.4. The molecule has 0 amide bonds. The summed E-state index contributed by atoms with van der Waals surface area (Å²) in [5, 5.41) is 1.78. The number of hydrogen-bond donors (Lipinski definition) is 1. The molecule has 0 fully saturated rings. The average molecular weight is 334 g/mol. The van der Waals surface area contributed by atoms with E-state index in [0.717, 1.165) is 16.5 Å². The number of benzene rings is 2. The molecule has 3 rings (SSSR count). The van der Waals surface area contributed by atoms with Crippen molar-refractivity contribution in [3.8, 4) is 11.1 Å². The first-order chi connectivity index (χ1) is 10.6. The van der Waals surface area contributed by atoms with Gasteiger partial charge in [0.2, 0.25) is 0 Å². The van der Waals surface area contributed by atoms with Crippen LogP contribution in [-0.4, -0.2) is 17.6 Å². The van der Waals surface area contributed by atoms with Crippen LogP contribution in [0.2, 0.25) is 10.0 Å². The van der Waals surface area contributed by atoms with E-state index in [-0.39, 0.29) is 0 Å². The van der Waals surface area contributed by atoms with Crippen LogP contribution in [0.5, 0.6) is 0 Å². The minimum absolute atomic E-state index is 0.302. The number of aromatic nitrogens is 1. The third-order valence-electron chi connectivity index (χ3n) is 3.37. The number of carbonyl (C=O) groups is 1. The number of rotatable bonds is 3. The number of fused-ring (bicyclic) bond motifs is 1. The molecule has 112 valence electrons. The van der Waals surface area contributed by atoms with Crippen molar-refractivity contribution in [3.05, 3.63) is 58.2 Å². The number of hydrogen-bond acceptors (Lipinski definition) is 2. The molecule has 0 spiro atoms. The van der Waals surface area contributed by atoms with Gasteiger partial charge in [0.1, 0.15) is 5.69 Å². The molecule has 1 aromatic heterocycles. The van der Waals surface area contributed by atoms with Gasteiger partial charge in [0, 0.05) is 16.0 Å². The highest BCUT2D eigenvalue weighted by atomic mass is 35.5. The molecule has 0 bridgehead atoms. The highest BCUT2D eigenvalue weighted by molar-refractivity contribution is 6.39. The van der Waals surface area contributed by atoms with Crippen LogP contribution in [0.3, 0.4) is 0 Å². The molecular weight excluding hydrogens is 321 g/mol. The zero-order chi connectivity index (χ0) is 15.7. The van der Waals surface area contributed by atoms with Crippen molar-refractivity contribution in [3.63, 3.8) is 0 Å². The van der Waals surface area contributed by atoms with Crippen molar-refractivity contribution in [1.29, 1.82) is 0 Å². The minimum atomic E-state index is -0.412. The monoisotopic (exact) mass is 333 g/mol. The van der Waals surface area contributed by atoms with E-state index < -0.39 is 5.97 Å². The van der Waals surface area contributed by atoms with Crippen LogP contribution in [0.15, 0.2) is 42.5 Å². The summed E-state index contributed by atoms with van der Waals surface area (Å²) in [7, 11) is 0. The maximum absolute atomic E-state index is 12.3. The quantitative estimate of drug-likeness (QED) is 0.659. The Hall–Kier alpha value is -1.97. The summed E-state index contributed by atoms with van der Waals surface area (Å²) < 4.78 is 5.14. The third kappa shape index (κ3) is 2.58. The number of esters is 1. The van der Waals surface area contributed by atoms with Gasteiger partial charge in [-0.15, -0.1) is 0 Å². The van der Waals surface area contributed by atoms with Gasteiger partial charge in [0.25, 0.3) is 0 Å². The van der Waals surface area contributed by atoms with Gasteiger partial charge in [-0.3, -0.25) is 0 Å². The topological polar surface area (TPSA) is 42.1 Å². The second kappa shape index (κ2) is 6.03. The summed E-state index contributed by atoms with van der Waals surface area (Å²) in [5.74, 6) is -0.412. The Labute approximate surface area is 137 Å². The van der Waals surface area contributed by atoms with Crippen molar-refractivity contribution in [1.82, 2.24) is 4.98 Å². The van der Waals surface area contributed by atoms with Crippen LogP contribution in [-0.2, 0) is 4.74 Å². The first-order valence-corrected chi connectivity index (χ1v) is 7.60. The van der Waals surface area contributed by atoms with E-state index in [1.54, 1.807) is 19.1 Å². The van der Waals surface area contributed by atoms with Crippen molar-refractivity contribution in [2.24, 2.45) is 0 Å². The van der Waals surface area contributed by atoms with Gasteiger partial charge in [-0.1, -0.05) is 53.5 Å². The largest absolute Gasteiger partial charge is 0.461 e. The summed E-state index contributed by atoms with van der Waals surface area (Å²) in [6.45, 7) is 2.07. The Morgan fingerprint density at radius 2 is 1.91 bits per heavy atom. The number of carbonyl (C=O) groups excluding carboxylic acids is 1. The predicted octanol–water partition coefficient (Wildman–Crippen LogP) is 5.32. The number of halogens is 2. The van der Waals surface area contributed by atoms with Gasteiger partial charge < -0.3 is 9.72 Å². The highest BCUT2D eigenvalue weighted by Crippen LogP contribution is 2.37. The maximum atomic E-state index is 12.3. The molecule has 22 heavy (non-hydrogen) atoms. The van der Waals surface area contributed by atoms with Gasteiger partial charge in [-0.25, -0.2) is 4.79 Å². The Morgan fingerprint density at radius 1 is 1.18 bits per heavy atom. The first kappa shape index (κ1) is 14.9. The Balaban J connectivity index is 2.34. The lowest BCUT2D eigenvalue weighted by Gasteiger charge is -2.05. The molecule has 3 aromatic rings. The zero-order valence-corrected chi connectivity index (χ0v) is 13.3. The van der Waals surface area contributed by atoms with E-state index >= 15 is 0 Å². The van der Waals surface area contributed by atoms with E-state index in [2.05, 4.69) is 4.98 Å². The highest BCUT2D eigenvalue weighted by Gasteiger charge is 2.21. The Morgan fingerprint density at radius 3 is 2.59 bits per heavy atom. The fraction of sp³-hybridized carbons (Fsp3) is 0.118. The summed E-state index contributed by atoms with van der Waals surface area (Å²) in [6, 6.07) is 13.0. The lowest BCUT2D eigenvalue weighted by Crippen LogP contribution is -2.06. The second-order valence-electron chi connectivity index (χ2n) is 4.77. The van der Waals surface area contributed by atoms with E-state index in [1.165, 1.54) is 0 Å². The lowest BCUT2D eigenvalue weighted by molar-refractivity contribution is 0.0521. The maximum Gasteiger partial charge on any atom is 0.355 e. The molecule has 0 aliphatic carbocycles. The smallest absolute Gasteiger partial charge is 0.355 e. The van der Waals surface area contributed by atoms with Gasteiger partial charge in [-0.05, 0) is 24.6 Å². The van der Waals surface area contributed by atoms with Crippen molar-refractivity contribution < 1.29 is 9.53 Å². The Bertz CT molecular complexity index is 841. The molecule has 3 nitrogen and oxygen atoms in total. The molecule has 1 heterocycles. The van der Waals surface area contributed by atoms with Crippen molar-refractivity contribution >= 4 is 40.1 Å². The fourth-order valence-electron chi connectivity index (χ4n) is 2.48. The Kier molecular flexibility index (Phi) is 4.10. The average Bonchev–Trinajstić information content (AvgIpc) is 2.88. The summed E-state index contributed by atoms with van der Waals surface area (Å²) in [6.07, 6.45) is 0. The molecule has 1 N–H and O–H groups in total. The molecule has 0 aliphatic rings. The second-order valence-corrected chi connectivity index (χ2v) is 5.62. The van der Waals surface area contributed by atoms with Gasteiger partial charge >= 0.3 is 5.97 Å². The standard InChI is InChI=1S/C17H13Cl2NO2/c1-2-22-17(21)16-14(10-6-4-3-5-7-10)12-8-11(18)9-13(19)15(12)20-16/h3-9,20H,2H2,1H3. The molecule has 0 saturated heterocycles. The summed E-state index contributed by atoms with van der Waals surface area (Å²) in [5.41, 5.74) is 2.70. The van der Waals surface area contributed by atoms with Gasteiger partial charge in [-0.2, -0.15) is 0 Å². The zero-order valence-electron chi connectivity index (χ0n) is 11.8. The first-order valence-electron chi connectivity index (χ1n) is 6.85. The SMILES string of the molecule is CCOC(=O)c1[nH]c2c(Cl)cc(Cl)cc2c1-c1ccccc1. The number of ether oxygens (including phenoxy) is 1. The van der Waals surface area contributed by atoms with E-state index in [0.29, 0.717) is 27.9 Å². The van der Waals surface area contributed by atoms with Gasteiger partial charge in [0.05, 0.1) is 17.1 Å². The van der Waals surface area contributed by atoms with Crippen molar-refractivity contribution in [2.45, 2.75) is 6.92 Å². The molecule has 2 aromatic carbocycles. The van der Waals surface area contributed by atoms with Crippen LogP contribution in [0.1, 0.15) is 17.4 Å². The minimum Gasteiger partial charge on any atom is -0.461 e. The number of nitrogens with one attached hydrogen (secondary N) is 1. The van der Waals surface area contributed by atoms with E-state index in [4.69, 9.17) is 27.9 Å². The van der Waals surface area contributed by atoms with Crippen LogP contribution in [0.25, 0.3) is 22.0 Å². The number of H-pyrrole nitrogens is 1. The molecule has 0 atom stereocenters. The normalized spacial score (nSPS) is 10.9. The number of aromatic amines is 1. The van der Waals surface area contributed by atoms with Crippen LogP contribution < -0.4 is 0 Å². The molecule has 0 radical (unpaired) electrons. The predicted molar refractivity (Wildman–Crippen MR) is 89.7 cm³/mol. The van der Waals surface area contributed by atoms with Crippen molar-refractivity contribution in [2.75, 3.05) is 6.61 Å². The van der Waals surface area contributed by atoms with E-state index in [9.17, 15) is 4.79 Å². The van der Waals surface area contributed by atoms with E-state index in [1.807, 2.05) is 30.3 Å². The molecule has 5 heteroatoms. The molecule has 0 aliphatic heterocycles. The molecular formula is C17H13Cl2NO2. The van der Waals surface area contributed by atoms with Crippen LogP contribution >= 0.6 is 23.2 Å². The lowest BCUT2D eigenvalue weighted by atomic mass is 10.0. The van der Waals surface area contributed by atoms with Gasteiger partial charge in [0.15, 0.2) is 0 Å². The molecule has 0 saturated carbocycles. The fourth-order valence-corrected chi connectivity index (χ4v) is 3.02. The van der Waals surface area contributed by atoms with Crippen LogP contribution in [0.4, 0.5) is 0 Å². The summed E-state index contributed by atoms with van der Waals surface area (Å²) in [4.78, 5) is 15.4.